The van der Waals surface area contributed by atoms with Gasteiger partial charge in [0.2, 0.25) is 0 Å². The first-order chi connectivity index (χ1) is 9.24. The van der Waals surface area contributed by atoms with Gasteiger partial charge in [0.1, 0.15) is 0 Å². The van der Waals surface area contributed by atoms with Crippen LogP contribution < -0.4 is 5.32 Å². The number of nitrogens with zero attached hydrogens (tertiary/aromatic N) is 2. The molecule has 0 saturated carbocycles. The maximum Gasteiger partial charge on any atom is 0.0542 e. The molecule has 4 heteroatoms. The van der Waals surface area contributed by atoms with Crippen LogP contribution in [0, 0.1) is 5.92 Å². The molecule has 1 N–H and O–H groups in total. The van der Waals surface area contributed by atoms with Gasteiger partial charge in [-0.3, -0.25) is 4.98 Å². The van der Waals surface area contributed by atoms with E-state index in [1.165, 1.54) is 38.9 Å². The average molecular weight is 326 g/mol. The summed E-state index contributed by atoms with van der Waals surface area (Å²) in [7, 11) is 0. The molecule has 1 saturated heterocycles. The highest BCUT2D eigenvalue weighted by molar-refractivity contribution is 9.10. The first-order valence-electron chi connectivity index (χ1n) is 7.27. The van der Waals surface area contributed by atoms with E-state index in [-0.39, 0.29) is 0 Å². The smallest absolute Gasteiger partial charge is 0.0542 e. The lowest BCUT2D eigenvalue weighted by Crippen LogP contribution is -2.36. The summed E-state index contributed by atoms with van der Waals surface area (Å²) in [5, 5.41) is 3.51. The van der Waals surface area contributed by atoms with E-state index in [0.717, 1.165) is 23.3 Å². The second kappa shape index (κ2) is 7.98. The van der Waals surface area contributed by atoms with Gasteiger partial charge in [0.15, 0.2) is 0 Å². The highest BCUT2D eigenvalue weighted by Gasteiger charge is 2.12. The Balaban J connectivity index is 1.63. The van der Waals surface area contributed by atoms with Gasteiger partial charge in [0.05, 0.1) is 5.69 Å². The van der Waals surface area contributed by atoms with Gasteiger partial charge in [-0.05, 0) is 66.5 Å². The molecule has 2 rings (SSSR count). The Morgan fingerprint density at radius 2 is 2.11 bits per heavy atom. The standard InChI is InChI=1S/C15H24BrN3/c1-13(12-19-7-3-2-4-8-19)9-17-11-15-6-5-14(16)10-18-15/h5-6,10,13,17H,2-4,7-9,11-12H2,1H3. The molecule has 106 valence electrons. The highest BCUT2D eigenvalue weighted by Crippen LogP contribution is 2.11. The molecule has 1 unspecified atom stereocenters. The number of halogens is 1. The summed E-state index contributed by atoms with van der Waals surface area (Å²) in [6.45, 7) is 8.06. The number of pyridine rings is 1. The molecular weight excluding hydrogens is 302 g/mol. The number of likely N-dealkylation sites (tertiary alicyclic amines) is 1. The maximum absolute atomic E-state index is 4.37. The van der Waals surface area contributed by atoms with Crippen LogP contribution >= 0.6 is 15.9 Å². The van der Waals surface area contributed by atoms with Crippen LogP contribution in [0.15, 0.2) is 22.8 Å². The first-order valence-corrected chi connectivity index (χ1v) is 8.07. The normalized spacial score (nSPS) is 18.4. The van der Waals surface area contributed by atoms with Crippen LogP contribution in [0.2, 0.25) is 0 Å². The minimum absolute atomic E-state index is 0.702. The van der Waals surface area contributed by atoms with Crippen molar-refractivity contribution in [2.75, 3.05) is 26.2 Å². The van der Waals surface area contributed by atoms with Crippen molar-refractivity contribution in [3.05, 3.63) is 28.5 Å². The number of nitrogens with one attached hydrogen (secondary N) is 1. The number of rotatable bonds is 6. The molecular formula is C15H24BrN3. The van der Waals surface area contributed by atoms with Crippen LogP contribution in [-0.2, 0) is 6.54 Å². The molecule has 0 aliphatic carbocycles. The van der Waals surface area contributed by atoms with E-state index in [9.17, 15) is 0 Å². The van der Waals surface area contributed by atoms with Crippen LogP contribution in [0.5, 0.6) is 0 Å². The molecule has 0 spiro atoms. The summed E-state index contributed by atoms with van der Waals surface area (Å²) in [6.07, 6.45) is 6.03. The minimum atomic E-state index is 0.702. The Hall–Kier alpha value is -0.450. The Bertz CT molecular complexity index is 360. The minimum Gasteiger partial charge on any atom is -0.311 e. The molecule has 1 aliphatic rings. The molecule has 1 atom stereocenters. The summed E-state index contributed by atoms with van der Waals surface area (Å²) in [4.78, 5) is 6.98. The van der Waals surface area contributed by atoms with Crippen molar-refractivity contribution in [3.63, 3.8) is 0 Å². The lowest BCUT2D eigenvalue weighted by molar-refractivity contribution is 0.199. The van der Waals surface area contributed by atoms with Crippen LogP contribution in [0.25, 0.3) is 0 Å². The van der Waals surface area contributed by atoms with Crippen LogP contribution in [0.3, 0.4) is 0 Å². The molecule has 19 heavy (non-hydrogen) atoms. The van der Waals surface area contributed by atoms with Gasteiger partial charge in [-0.15, -0.1) is 0 Å². The summed E-state index contributed by atoms with van der Waals surface area (Å²) < 4.78 is 1.04. The zero-order chi connectivity index (χ0) is 13.5. The zero-order valence-electron chi connectivity index (χ0n) is 11.7. The fourth-order valence-corrected chi connectivity index (χ4v) is 2.84. The maximum atomic E-state index is 4.37. The second-order valence-electron chi connectivity index (χ2n) is 5.57. The van der Waals surface area contributed by atoms with Crippen LogP contribution in [-0.4, -0.2) is 36.1 Å². The molecule has 0 bridgehead atoms. The SMILES string of the molecule is CC(CNCc1ccc(Br)cn1)CN1CCCCC1. The molecule has 0 radical (unpaired) electrons. The second-order valence-corrected chi connectivity index (χ2v) is 6.48. The van der Waals surface area contributed by atoms with Gasteiger partial charge in [-0.2, -0.15) is 0 Å². The van der Waals surface area contributed by atoms with Gasteiger partial charge in [0, 0.05) is 23.8 Å². The summed E-state index contributed by atoms with van der Waals surface area (Å²) in [5.41, 5.74) is 1.10. The molecule has 1 fully saturated rings. The van der Waals surface area contributed by atoms with Crippen molar-refractivity contribution >= 4 is 15.9 Å². The van der Waals surface area contributed by atoms with Gasteiger partial charge in [0.25, 0.3) is 0 Å². The van der Waals surface area contributed by atoms with E-state index in [1.807, 2.05) is 12.3 Å². The first kappa shape index (κ1) is 14.9. The molecule has 1 aromatic heterocycles. The summed E-state index contributed by atoms with van der Waals surface area (Å²) >= 11 is 3.40. The van der Waals surface area contributed by atoms with Crippen molar-refractivity contribution in [3.8, 4) is 0 Å². The predicted molar refractivity (Wildman–Crippen MR) is 83.1 cm³/mol. The third-order valence-electron chi connectivity index (χ3n) is 3.61. The number of aromatic nitrogens is 1. The van der Waals surface area contributed by atoms with Crippen LogP contribution in [0.1, 0.15) is 31.9 Å². The Morgan fingerprint density at radius 3 is 2.79 bits per heavy atom. The van der Waals surface area contributed by atoms with E-state index in [0.29, 0.717) is 5.92 Å². The van der Waals surface area contributed by atoms with Gasteiger partial charge < -0.3 is 10.2 Å². The number of hydrogen-bond donors (Lipinski definition) is 1. The third kappa shape index (κ3) is 5.59. The molecule has 1 aliphatic heterocycles. The van der Waals surface area contributed by atoms with Crippen molar-refractivity contribution in [1.29, 1.82) is 0 Å². The van der Waals surface area contributed by atoms with Crippen molar-refractivity contribution < 1.29 is 0 Å². The largest absolute Gasteiger partial charge is 0.311 e. The lowest BCUT2D eigenvalue weighted by Gasteiger charge is -2.29. The molecule has 0 amide bonds. The van der Waals surface area contributed by atoms with E-state index < -0.39 is 0 Å². The van der Waals surface area contributed by atoms with Crippen LogP contribution in [0.4, 0.5) is 0 Å². The average Bonchev–Trinajstić information content (AvgIpc) is 2.42. The Morgan fingerprint density at radius 1 is 1.32 bits per heavy atom. The molecule has 2 heterocycles. The summed E-state index contributed by atoms with van der Waals surface area (Å²) in [6, 6.07) is 4.10. The Kier molecular flexibility index (Phi) is 6.28. The third-order valence-corrected chi connectivity index (χ3v) is 4.08. The topological polar surface area (TPSA) is 28.2 Å². The fraction of sp³-hybridized carbons (Fsp3) is 0.667. The molecule has 3 nitrogen and oxygen atoms in total. The quantitative estimate of drug-likeness (QED) is 0.871. The fourth-order valence-electron chi connectivity index (χ4n) is 2.60. The van der Waals surface area contributed by atoms with Gasteiger partial charge in [-0.1, -0.05) is 13.3 Å². The number of piperidine rings is 1. The van der Waals surface area contributed by atoms with E-state index in [2.05, 4.69) is 44.1 Å². The zero-order valence-corrected chi connectivity index (χ0v) is 13.3. The number of hydrogen-bond acceptors (Lipinski definition) is 3. The summed E-state index contributed by atoms with van der Waals surface area (Å²) in [5.74, 6) is 0.702. The van der Waals surface area contributed by atoms with Gasteiger partial charge in [-0.25, -0.2) is 0 Å². The lowest BCUT2D eigenvalue weighted by atomic mass is 10.1. The predicted octanol–water partition coefficient (Wildman–Crippen LogP) is 3.06. The van der Waals surface area contributed by atoms with Gasteiger partial charge >= 0.3 is 0 Å². The Labute approximate surface area is 124 Å². The molecule has 1 aromatic rings. The van der Waals surface area contributed by atoms with E-state index >= 15 is 0 Å². The molecule has 0 aromatic carbocycles. The monoisotopic (exact) mass is 325 g/mol. The van der Waals surface area contributed by atoms with Crippen molar-refractivity contribution in [2.24, 2.45) is 5.92 Å². The van der Waals surface area contributed by atoms with Crippen molar-refractivity contribution in [2.45, 2.75) is 32.7 Å². The van der Waals surface area contributed by atoms with Crippen molar-refractivity contribution in [1.82, 2.24) is 15.2 Å². The van der Waals surface area contributed by atoms with E-state index in [1.54, 1.807) is 0 Å². The highest BCUT2D eigenvalue weighted by atomic mass is 79.9. The van der Waals surface area contributed by atoms with E-state index in [4.69, 9.17) is 0 Å².